The number of halogens is 2. The molecule has 3 rings (SSSR count). The summed E-state index contributed by atoms with van der Waals surface area (Å²) in [7, 11) is 0. The topological polar surface area (TPSA) is 23.6 Å². The lowest BCUT2D eigenvalue weighted by atomic mass is 10.0. The number of rotatable bonds is 3. The molecule has 0 N–H and O–H groups in total. The van der Waals surface area contributed by atoms with Gasteiger partial charge in [0.25, 0.3) is 0 Å². The number of hydrogen-bond acceptors (Lipinski definition) is 2. The first kappa shape index (κ1) is 15.4. The smallest absolute Gasteiger partial charge is 0.227 e. The number of piperidine rings is 1. The van der Waals surface area contributed by atoms with Gasteiger partial charge in [-0.25, -0.2) is 8.78 Å². The summed E-state index contributed by atoms with van der Waals surface area (Å²) in [6, 6.07) is 3.69. The zero-order chi connectivity index (χ0) is 15.5. The molecule has 22 heavy (non-hydrogen) atoms. The summed E-state index contributed by atoms with van der Waals surface area (Å²) >= 11 is 0. The third-order valence-electron chi connectivity index (χ3n) is 4.70. The molecule has 0 aliphatic carbocycles. The van der Waals surface area contributed by atoms with Crippen molar-refractivity contribution >= 4 is 5.91 Å². The molecule has 2 heterocycles. The van der Waals surface area contributed by atoms with Crippen LogP contribution in [-0.2, 0) is 11.3 Å². The van der Waals surface area contributed by atoms with Gasteiger partial charge in [-0.05, 0) is 38.3 Å². The van der Waals surface area contributed by atoms with Crippen LogP contribution in [0.25, 0.3) is 0 Å². The van der Waals surface area contributed by atoms with Gasteiger partial charge in [0, 0.05) is 37.8 Å². The monoisotopic (exact) mass is 308 g/mol. The first-order valence-corrected chi connectivity index (χ1v) is 8.08. The minimum atomic E-state index is -0.555. The van der Waals surface area contributed by atoms with Crippen molar-refractivity contribution in [1.82, 2.24) is 9.80 Å². The van der Waals surface area contributed by atoms with E-state index < -0.39 is 11.6 Å². The predicted molar refractivity (Wildman–Crippen MR) is 80.2 cm³/mol. The lowest BCUT2D eigenvalue weighted by Gasteiger charge is -2.29. The molecule has 1 unspecified atom stereocenters. The summed E-state index contributed by atoms with van der Waals surface area (Å²) < 4.78 is 26.6. The predicted octanol–water partition coefficient (Wildman–Crippen LogP) is 2.80. The van der Waals surface area contributed by atoms with Gasteiger partial charge >= 0.3 is 0 Å². The Hall–Kier alpha value is -1.49. The SMILES string of the molecule is O=C(C1CCN(Cc2ccc(F)cc2F)C1)N1CCCCC1. The van der Waals surface area contributed by atoms with Crippen LogP contribution >= 0.6 is 0 Å². The standard InChI is InChI=1S/C17H22F2N2O/c18-15-5-4-13(16(19)10-15)11-20-9-6-14(12-20)17(22)21-7-2-1-3-8-21/h4-5,10,14H,1-3,6-9,11-12H2. The van der Waals surface area contributed by atoms with Gasteiger partial charge in [0.1, 0.15) is 11.6 Å². The van der Waals surface area contributed by atoms with Crippen molar-refractivity contribution in [2.75, 3.05) is 26.2 Å². The van der Waals surface area contributed by atoms with Crippen LogP contribution in [0, 0.1) is 17.6 Å². The van der Waals surface area contributed by atoms with E-state index in [0.29, 0.717) is 18.7 Å². The highest BCUT2D eigenvalue weighted by Gasteiger charge is 2.32. The Morgan fingerprint density at radius 3 is 2.64 bits per heavy atom. The van der Waals surface area contributed by atoms with E-state index in [0.717, 1.165) is 45.0 Å². The molecule has 2 aliphatic rings. The zero-order valence-corrected chi connectivity index (χ0v) is 12.7. The molecule has 1 atom stereocenters. The van der Waals surface area contributed by atoms with Crippen molar-refractivity contribution in [2.45, 2.75) is 32.2 Å². The number of benzene rings is 1. The van der Waals surface area contributed by atoms with Gasteiger partial charge in [0.2, 0.25) is 5.91 Å². The maximum atomic E-state index is 13.7. The third-order valence-corrected chi connectivity index (χ3v) is 4.70. The van der Waals surface area contributed by atoms with Crippen LogP contribution < -0.4 is 0 Å². The fourth-order valence-electron chi connectivity index (χ4n) is 3.44. The van der Waals surface area contributed by atoms with Gasteiger partial charge in [-0.2, -0.15) is 0 Å². The van der Waals surface area contributed by atoms with Gasteiger partial charge in [0.05, 0.1) is 5.92 Å². The molecule has 120 valence electrons. The summed E-state index contributed by atoms with van der Waals surface area (Å²) in [6.07, 6.45) is 4.24. The fourth-order valence-corrected chi connectivity index (χ4v) is 3.44. The molecule has 5 heteroatoms. The Kier molecular flexibility index (Phi) is 4.71. The van der Waals surface area contributed by atoms with Crippen molar-refractivity contribution in [1.29, 1.82) is 0 Å². The van der Waals surface area contributed by atoms with Crippen molar-refractivity contribution in [3.05, 3.63) is 35.4 Å². The molecule has 1 amide bonds. The minimum Gasteiger partial charge on any atom is -0.342 e. The number of nitrogens with zero attached hydrogens (tertiary/aromatic N) is 2. The van der Waals surface area contributed by atoms with Gasteiger partial charge in [0.15, 0.2) is 0 Å². The fraction of sp³-hybridized carbons (Fsp3) is 0.588. The molecule has 0 spiro atoms. The molecule has 1 aromatic rings. The van der Waals surface area contributed by atoms with E-state index in [-0.39, 0.29) is 11.8 Å². The quantitative estimate of drug-likeness (QED) is 0.857. The maximum absolute atomic E-state index is 13.7. The second-order valence-electron chi connectivity index (χ2n) is 6.34. The Labute approximate surface area is 129 Å². The highest BCUT2D eigenvalue weighted by atomic mass is 19.1. The summed E-state index contributed by atoms with van der Waals surface area (Å²) in [5.41, 5.74) is 0.493. The average Bonchev–Trinajstić information content (AvgIpc) is 2.99. The van der Waals surface area contributed by atoms with Crippen LogP contribution in [0.3, 0.4) is 0 Å². The van der Waals surface area contributed by atoms with Crippen LogP contribution in [0.4, 0.5) is 8.78 Å². The number of likely N-dealkylation sites (tertiary alicyclic amines) is 2. The zero-order valence-electron chi connectivity index (χ0n) is 12.7. The molecular weight excluding hydrogens is 286 g/mol. The van der Waals surface area contributed by atoms with Gasteiger partial charge in [-0.3, -0.25) is 9.69 Å². The number of amides is 1. The van der Waals surface area contributed by atoms with Gasteiger partial charge in [-0.1, -0.05) is 6.07 Å². The second-order valence-corrected chi connectivity index (χ2v) is 6.34. The lowest BCUT2D eigenvalue weighted by Crippen LogP contribution is -2.40. The van der Waals surface area contributed by atoms with E-state index in [9.17, 15) is 13.6 Å². The Morgan fingerprint density at radius 1 is 1.14 bits per heavy atom. The summed E-state index contributed by atoms with van der Waals surface area (Å²) in [6.45, 7) is 3.66. The number of carbonyl (C=O) groups excluding carboxylic acids is 1. The molecule has 2 fully saturated rings. The molecule has 2 saturated heterocycles. The van der Waals surface area contributed by atoms with E-state index >= 15 is 0 Å². The summed E-state index contributed by atoms with van der Waals surface area (Å²) in [4.78, 5) is 16.6. The molecule has 3 nitrogen and oxygen atoms in total. The average molecular weight is 308 g/mol. The van der Waals surface area contributed by atoms with E-state index in [1.54, 1.807) is 0 Å². The van der Waals surface area contributed by atoms with Crippen molar-refractivity contribution in [3.8, 4) is 0 Å². The Balaban J connectivity index is 1.56. The molecule has 1 aromatic carbocycles. The van der Waals surface area contributed by atoms with E-state index in [2.05, 4.69) is 4.90 Å². The highest BCUT2D eigenvalue weighted by molar-refractivity contribution is 5.79. The largest absolute Gasteiger partial charge is 0.342 e. The van der Waals surface area contributed by atoms with Crippen LogP contribution in [0.2, 0.25) is 0 Å². The van der Waals surface area contributed by atoms with Crippen LogP contribution in [0.15, 0.2) is 18.2 Å². The Bertz CT molecular complexity index is 543. The normalized spacial score (nSPS) is 23.0. The molecular formula is C17H22F2N2O. The van der Waals surface area contributed by atoms with Gasteiger partial charge < -0.3 is 4.90 Å². The number of carbonyl (C=O) groups is 1. The van der Waals surface area contributed by atoms with Crippen LogP contribution in [0.1, 0.15) is 31.2 Å². The molecule has 2 aliphatic heterocycles. The van der Waals surface area contributed by atoms with E-state index in [1.807, 2.05) is 4.90 Å². The molecule has 0 bridgehead atoms. The van der Waals surface area contributed by atoms with E-state index in [1.165, 1.54) is 18.6 Å². The van der Waals surface area contributed by atoms with Crippen molar-refractivity contribution in [2.24, 2.45) is 5.92 Å². The highest BCUT2D eigenvalue weighted by Crippen LogP contribution is 2.23. The van der Waals surface area contributed by atoms with Crippen LogP contribution in [-0.4, -0.2) is 41.9 Å². The lowest BCUT2D eigenvalue weighted by molar-refractivity contribution is -0.136. The summed E-state index contributed by atoms with van der Waals surface area (Å²) in [5.74, 6) is -0.782. The first-order valence-electron chi connectivity index (χ1n) is 8.08. The number of hydrogen-bond donors (Lipinski definition) is 0. The molecule has 0 aromatic heterocycles. The minimum absolute atomic E-state index is 0.0293. The third kappa shape index (κ3) is 3.46. The molecule has 0 radical (unpaired) electrons. The molecule has 0 saturated carbocycles. The summed E-state index contributed by atoms with van der Waals surface area (Å²) in [5, 5.41) is 0. The maximum Gasteiger partial charge on any atom is 0.227 e. The van der Waals surface area contributed by atoms with Crippen LogP contribution in [0.5, 0.6) is 0 Å². The van der Waals surface area contributed by atoms with Crippen molar-refractivity contribution in [3.63, 3.8) is 0 Å². The van der Waals surface area contributed by atoms with Crippen molar-refractivity contribution < 1.29 is 13.6 Å². The second kappa shape index (κ2) is 6.73. The van der Waals surface area contributed by atoms with E-state index in [4.69, 9.17) is 0 Å². The first-order chi connectivity index (χ1) is 10.6. The Morgan fingerprint density at radius 2 is 1.91 bits per heavy atom. The van der Waals surface area contributed by atoms with Gasteiger partial charge in [-0.15, -0.1) is 0 Å².